The van der Waals surface area contributed by atoms with Crippen LogP contribution in [0.15, 0.2) is 48.8 Å². The van der Waals surface area contributed by atoms with Crippen molar-refractivity contribution >= 4 is 11.6 Å². The number of hydrogen-bond donors (Lipinski definition) is 0. The summed E-state index contributed by atoms with van der Waals surface area (Å²) in [6, 6.07) is 14.4. The van der Waals surface area contributed by atoms with E-state index in [4.69, 9.17) is 5.26 Å². The van der Waals surface area contributed by atoms with Gasteiger partial charge in [0.15, 0.2) is 0 Å². The van der Waals surface area contributed by atoms with Crippen LogP contribution in [0.25, 0.3) is 0 Å². The molecule has 3 rings (SSSR count). The first-order chi connectivity index (χ1) is 13.1. The minimum Gasteiger partial charge on any atom is -0.305 e. The molecule has 1 aromatic carbocycles. The van der Waals surface area contributed by atoms with Crippen LogP contribution in [0, 0.1) is 18.3 Å². The van der Waals surface area contributed by atoms with E-state index in [0.29, 0.717) is 12.0 Å². The fourth-order valence-corrected chi connectivity index (χ4v) is 3.75. The van der Waals surface area contributed by atoms with E-state index < -0.39 is 0 Å². The lowest BCUT2D eigenvalue weighted by Gasteiger charge is -2.40. The van der Waals surface area contributed by atoms with Gasteiger partial charge in [0.1, 0.15) is 0 Å². The number of para-hydroxylation sites is 1. The largest absolute Gasteiger partial charge is 0.305 e. The molecule has 0 bridgehead atoms. The summed E-state index contributed by atoms with van der Waals surface area (Å²) in [4.78, 5) is 21.9. The lowest BCUT2D eigenvalue weighted by molar-refractivity contribution is 0.0950. The van der Waals surface area contributed by atoms with E-state index in [9.17, 15) is 4.79 Å². The van der Waals surface area contributed by atoms with Gasteiger partial charge in [-0.15, -0.1) is 0 Å². The molecule has 1 amide bonds. The predicted molar refractivity (Wildman–Crippen MR) is 107 cm³/mol. The second-order valence-corrected chi connectivity index (χ2v) is 7.18. The molecule has 1 aromatic heterocycles. The molecule has 1 saturated heterocycles. The number of hydrogen-bond acceptors (Lipinski definition) is 4. The van der Waals surface area contributed by atoms with Gasteiger partial charge in [-0.2, -0.15) is 5.26 Å². The fraction of sp³-hybridized carbons (Fsp3) is 0.409. The van der Waals surface area contributed by atoms with Crippen molar-refractivity contribution in [2.45, 2.75) is 45.2 Å². The molecule has 0 saturated carbocycles. The molecule has 140 valence electrons. The maximum absolute atomic E-state index is 13.4. The third-order valence-corrected chi connectivity index (χ3v) is 5.40. The Kier molecular flexibility index (Phi) is 6.20. The van der Waals surface area contributed by atoms with Crippen LogP contribution in [-0.4, -0.2) is 41.0 Å². The number of aryl methyl sites for hydroxylation is 1. The normalized spacial score (nSPS) is 16.5. The van der Waals surface area contributed by atoms with Crippen LogP contribution in [0.1, 0.15) is 42.1 Å². The molecule has 0 radical (unpaired) electrons. The third-order valence-electron chi connectivity index (χ3n) is 5.40. The zero-order chi connectivity index (χ0) is 19.2. The topological polar surface area (TPSA) is 60.2 Å². The highest BCUT2D eigenvalue weighted by atomic mass is 16.2. The molecule has 5 nitrogen and oxygen atoms in total. The van der Waals surface area contributed by atoms with Gasteiger partial charge in [-0.1, -0.05) is 18.2 Å². The number of nitrogens with zero attached hydrogens (tertiary/aromatic N) is 4. The molecule has 1 atom stereocenters. The molecule has 0 N–H and O–H groups in total. The third kappa shape index (κ3) is 4.35. The van der Waals surface area contributed by atoms with Gasteiger partial charge in [-0.3, -0.25) is 14.7 Å². The summed E-state index contributed by atoms with van der Waals surface area (Å²) >= 11 is 0. The van der Waals surface area contributed by atoms with Crippen LogP contribution in [0.3, 0.4) is 0 Å². The molecule has 2 aromatic rings. The summed E-state index contributed by atoms with van der Waals surface area (Å²) in [7, 11) is 0. The smallest absolute Gasteiger partial charge is 0.260 e. The zero-order valence-electron chi connectivity index (χ0n) is 16.0. The number of piperidine rings is 1. The Balaban J connectivity index is 1.84. The van der Waals surface area contributed by atoms with E-state index in [2.05, 4.69) is 22.9 Å². The van der Waals surface area contributed by atoms with Crippen LogP contribution in [0.2, 0.25) is 0 Å². The molecule has 0 unspecified atom stereocenters. The summed E-state index contributed by atoms with van der Waals surface area (Å²) in [5.74, 6) is 0.00956. The molecule has 1 aliphatic rings. The monoisotopic (exact) mass is 362 g/mol. The summed E-state index contributed by atoms with van der Waals surface area (Å²) in [5.41, 5.74) is 2.52. The van der Waals surface area contributed by atoms with Crippen molar-refractivity contribution in [3.63, 3.8) is 0 Å². The zero-order valence-corrected chi connectivity index (χ0v) is 16.0. The average Bonchev–Trinajstić information content (AvgIpc) is 2.70. The quantitative estimate of drug-likeness (QED) is 0.812. The number of carbonyl (C=O) groups is 1. The van der Waals surface area contributed by atoms with E-state index in [0.717, 1.165) is 37.2 Å². The van der Waals surface area contributed by atoms with Crippen LogP contribution in [0.5, 0.6) is 0 Å². The van der Waals surface area contributed by atoms with Crippen LogP contribution in [-0.2, 0) is 0 Å². The Morgan fingerprint density at radius 1 is 1.30 bits per heavy atom. The summed E-state index contributed by atoms with van der Waals surface area (Å²) < 4.78 is 0. The molecule has 1 aliphatic heterocycles. The van der Waals surface area contributed by atoms with Gasteiger partial charge < -0.3 is 4.90 Å². The van der Waals surface area contributed by atoms with Gasteiger partial charge >= 0.3 is 0 Å². The van der Waals surface area contributed by atoms with Gasteiger partial charge in [-0.05, 0) is 50.5 Å². The van der Waals surface area contributed by atoms with Crippen molar-refractivity contribution in [2.24, 2.45) is 0 Å². The number of benzene rings is 1. The highest BCUT2D eigenvalue weighted by Crippen LogP contribution is 2.27. The van der Waals surface area contributed by atoms with Crippen LogP contribution < -0.4 is 4.90 Å². The Bertz CT molecular complexity index is 807. The Hall–Kier alpha value is -2.71. The van der Waals surface area contributed by atoms with Crippen LogP contribution >= 0.6 is 0 Å². The van der Waals surface area contributed by atoms with E-state index in [-0.39, 0.29) is 18.0 Å². The number of aromatic nitrogens is 1. The summed E-state index contributed by atoms with van der Waals surface area (Å²) in [6.07, 6.45) is 5.72. The van der Waals surface area contributed by atoms with E-state index >= 15 is 0 Å². The molecule has 5 heteroatoms. The molecule has 0 aliphatic carbocycles. The van der Waals surface area contributed by atoms with Gasteiger partial charge in [0.2, 0.25) is 0 Å². The first-order valence-electron chi connectivity index (χ1n) is 9.52. The number of likely N-dealkylation sites (tertiary alicyclic amines) is 1. The minimum absolute atomic E-state index is 0.00956. The molecule has 0 spiro atoms. The number of anilines is 1. The van der Waals surface area contributed by atoms with Gasteiger partial charge in [0.25, 0.3) is 5.91 Å². The van der Waals surface area contributed by atoms with E-state index in [1.807, 2.05) is 48.2 Å². The molecular formula is C22H26N4O. The summed E-state index contributed by atoms with van der Waals surface area (Å²) in [5, 5.41) is 8.95. The molecule has 1 fully saturated rings. The van der Waals surface area contributed by atoms with Crippen molar-refractivity contribution in [1.82, 2.24) is 9.88 Å². The molecular weight excluding hydrogens is 336 g/mol. The predicted octanol–water partition coefficient (Wildman–Crippen LogP) is 3.80. The lowest BCUT2D eigenvalue weighted by atomic mass is 9.98. The van der Waals surface area contributed by atoms with E-state index in [1.165, 1.54) is 0 Å². The maximum atomic E-state index is 13.4. The van der Waals surface area contributed by atoms with Crippen molar-refractivity contribution < 1.29 is 4.79 Å². The second kappa shape index (κ2) is 8.79. The highest BCUT2D eigenvalue weighted by Gasteiger charge is 2.31. The second-order valence-electron chi connectivity index (χ2n) is 7.18. The molecule has 27 heavy (non-hydrogen) atoms. The number of nitriles is 1. The van der Waals surface area contributed by atoms with Crippen molar-refractivity contribution in [2.75, 3.05) is 18.0 Å². The standard InChI is InChI=1S/C22H26N4O/c1-17-9-13-24-16-21(17)22(27)26(19-6-4-3-5-7-19)20-10-14-25(15-11-20)18(2)8-12-23/h3-7,9,13,16,18,20H,8,10-11,14-15H2,1-2H3/t18-/m1/s1. The van der Waals surface area contributed by atoms with Crippen LogP contribution in [0.4, 0.5) is 5.69 Å². The Labute approximate surface area is 161 Å². The maximum Gasteiger partial charge on any atom is 0.260 e. The Morgan fingerprint density at radius 2 is 2.00 bits per heavy atom. The van der Waals surface area contributed by atoms with Gasteiger partial charge in [0.05, 0.1) is 18.1 Å². The Morgan fingerprint density at radius 3 is 2.63 bits per heavy atom. The van der Waals surface area contributed by atoms with Crippen molar-refractivity contribution in [3.05, 3.63) is 59.9 Å². The number of carbonyl (C=O) groups excluding carboxylic acids is 1. The summed E-state index contributed by atoms with van der Waals surface area (Å²) in [6.45, 7) is 5.85. The fourth-order valence-electron chi connectivity index (χ4n) is 3.75. The van der Waals surface area contributed by atoms with Gasteiger partial charge in [0, 0.05) is 43.3 Å². The SMILES string of the molecule is Cc1ccncc1C(=O)N(c1ccccc1)C1CCN([C@H](C)CC#N)CC1. The number of amides is 1. The number of rotatable bonds is 5. The first kappa shape index (κ1) is 19.1. The van der Waals surface area contributed by atoms with Crippen molar-refractivity contribution in [1.29, 1.82) is 5.26 Å². The lowest BCUT2D eigenvalue weighted by Crippen LogP contribution is -2.49. The number of pyridine rings is 1. The molecule has 2 heterocycles. The minimum atomic E-state index is 0.00956. The van der Waals surface area contributed by atoms with Gasteiger partial charge in [-0.25, -0.2) is 0 Å². The van der Waals surface area contributed by atoms with E-state index in [1.54, 1.807) is 12.4 Å². The van der Waals surface area contributed by atoms with Crippen molar-refractivity contribution in [3.8, 4) is 6.07 Å². The first-order valence-corrected chi connectivity index (χ1v) is 9.52. The highest BCUT2D eigenvalue weighted by molar-refractivity contribution is 6.07. The average molecular weight is 362 g/mol.